The SMILES string of the molecule is CC/C=C\C/C=C\C/C=C\C/C=C\C/C=C\C/C=C\CCCCCCCCCCCCC(=O)OCC(O)COP(=O)(O)OCC(O)COP(=O)(O)OCC(COC(=O)CCCCCCCCCCC/C=C\C/C=C\C/C=C\C/C=C\CCCCC)OC(=O)CCCCCCC/C=C\C/C=C\CCCCC. The van der Waals surface area contributed by atoms with E-state index in [1.165, 1.54) is 103 Å². The molecule has 0 amide bonds. The molecule has 5 unspecified atom stereocenters. The van der Waals surface area contributed by atoms with E-state index in [0.29, 0.717) is 19.3 Å². The molecule has 0 aliphatic rings. The molecule has 0 aromatic carbocycles. The molecule has 4 N–H and O–H groups in total. The fourth-order valence-corrected chi connectivity index (χ4v) is 12.4. The minimum atomic E-state index is -4.94. The monoisotopic (exact) mass is 1510 g/mol. The van der Waals surface area contributed by atoms with Gasteiger partial charge in [0.15, 0.2) is 6.10 Å². The van der Waals surface area contributed by atoms with Gasteiger partial charge in [-0.2, -0.15) is 0 Å². The molecule has 0 saturated heterocycles. The number of esters is 3. The summed E-state index contributed by atoms with van der Waals surface area (Å²) in [5, 5.41) is 20.7. The van der Waals surface area contributed by atoms with E-state index < -0.39 is 91.5 Å². The molecule has 0 fully saturated rings. The van der Waals surface area contributed by atoms with Crippen molar-refractivity contribution in [1.82, 2.24) is 0 Å². The van der Waals surface area contributed by atoms with Gasteiger partial charge in [-0.15, -0.1) is 0 Å². The van der Waals surface area contributed by atoms with Crippen LogP contribution in [0.4, 0.5) is 0 Å². The van der Waals surface area contributed by atoms with Gasteiger partial charge in [0.05, 0.1) is 26.4 Å². The number of carbonyl (C=O) groups excluding carboxylic acids is 3. The summed E-state index contributed by atoms with van der Waals surface area (Å²) < 4.78 is 61.2. The van der Waals surface area contributed by atoms with Crippen LogP contribution in [-0.2, 0) is 55.8 Å². The standard InChI is InChI=1S/C87H148O16P2/c1-4-7-10-13-16-19-22-25-28-30-32-34-36-38-39-40-41-43-45-46-48-50-53-55-58-61-64-67-70-73-85(90)97-76-82(88)77-99-104(93,94)100-78-83(89)79-101-105(95,96)102-81-84(103-87(92)75-72-69-66-63-60-57-52-27-24-21-18-15-12-9-6-3)80-98-86(91)74-71-68-65-62-59-56-54-51-49-47-44-42-37-35-33-31-29-26-23-20-17-14-11-8-5-2/h7,10,16-21,25-29,32-35,38-39,41-44,52,82-84,88-89H,4-6,8-9,11-15,22-24,30-31,36-37,40,45-51,53-81H2,1-3H3,(H,93,94)(H,95,96)/b10-7-,19-16-,20-17-,21-18-,28-25-,29-26-,34-32-,35-33-,39-38-,43-41-,44-42-,52-27-. The van der Waals surface area contributed by atoms with Crippen LogP contribution in [-0.4, -0.2) is 95.9 Å². The molecule has 0 saturated carbocycles. The van der Waals surface area contributed by atoms with Crippen LogP contribution in [0, 0.1) is 0 Å². The Labute approximate surface area is 638 Å². The first-order chi connectivity index (χ1) is 51.2. The number of allylic oxidation sites excluding steroid dienone is 24. The Morgan fingerprint density at radius 1 is 0.276 bits per heavy atom. The van der Waals surface area contributed by atoms with Gasteiger partial charge in [0, 0.05) is 19.3 Å². The predicted molar refractivity (Wildman–Crippen MR) is 436 cm³/mol. The summed E-state index contributed by atoms with van der Waals surface area (Å²) in [5.41, 5.74) is 0. The summed E-state index contributed by atoms with van der Waals surface area (Å²) >= 11 is 0. The van der Waals surface area contributed by atoms with Gasteiger partial charge >= 0.3 is 33.6 Å². The van der Waals surface area contributed by atoms with E-state index in [2.05, 4.69) is 167 Å². The number of hydrogen-bond donors (Lipinski definition) is 4. The van der Waals surface area contributed by atoms with Crippen LogP contribution < -0.4 is 0 Å². The minimum absolute atomic E-state index is 0.0845. The van der Waals surface area contributed by atoms with E-state index in [0.717, 1.165) is 167 Å². The van der Waals surface area contributed by atoms with Gasteiger partial charge in [-0.1, -0.05) is 308 Å². The molecule has 0 bridgehead atoms. The second-order valence-electron chi connectivity index (χ2n) is 27.2. The highest BCUT2D eigenvalue weighted by atomic mass is 31.2. The predicted octanol–water partition coefficient (Wildman–Crippen LogP) is 24.4. The van der Waals surface area contributed by atoms with Crippen molar-refractivity contribution >= 4 is 33.6 Å². The summed E-state index contributed by atoms with van der Waals surface area (Å²) in [6.07, 6.45) is 97.4. The fourth-order valence-electron chi connectivity index (χ4n) is 10.8. The zero-order chi connectivity index (χ0) is 76.6. The van der Waals surface area contributed by atoms with Crippen molar-refractivity contribution in [3.63, 3.8) is 0 Å². The van der Waals surface area contributed by atoms with E-state index in [9.17, 15) is 43.5 Å². The van der Waals surface area contributed by atoms with Gasteiger partial charge in [-0.3, -0.25) is 32.5 Å². The van der Waals surface area contributed by atoms with Gasteiger partial charge in [0.25, 0.3) is 0 Å². The molecule has 0 spiro atoms. The number of phosphoric ester groups is 2. The average Bonchev–Trinajstić information content (AvgIpc) is 0.913. The lowest BCUT2D eigenvalue weighted by molar-refractivity contribution is -0.161. The number of phosphoric acid groups is 2. The normalized spacial score (nSPS) is 14.7. The van der Waals surface area contributed by atoms with E-state index in [-0.39, 0.29) is 19.3 Å². The zero-order valence-electron chi connectivity index (χ0n) is 65.9. The highest BCUT2D eigenvalue weighted by Crippen LogP contribution is 2.45. The highest BCUT2D eigenvalue weighted by Gasteiger charge is 2.29. The fraction of sp³-hybridized carbons (Fsp3) is 0.690. The lowest BCUT2D eigenvalue weighted by atomic mass is 10.1. The van der Waals surface area contributed by atoms with Crippen LogP contribution in [0.3, 0.4) is 0 Å². The van der Waals surface area contributed by atoms with E-state index >= 15 is 0 Å². The first kappa shape index (κ1) is 100. The first-order valence-corrected chi connectivity index (χ1v) is 44.1. The Kier molecular flexibility index (Phi) is 75.6. The lowest BCUT2D eigenvalue weighted by Gasteiger charge is -2.21. The molecule has 0 radical (unpaired) electrons. The number of aliphatic hydroxyl groups is 2. The van der Waals surface area contributed by atoms with Crippen molar-refractivity contribution in [2.45, 2.75) is 347 Å². The van der Waals surface area contributed by atoms with Gasteiger partial charge in [-0.25, -0.2) is 9.13 Å². The molecule has 0 rings (SSSR count). The third-order valence-corrected chi connectivity index (χ3v) is 18.9. The molecule has 16 nitrogen and oxygen atoms in total. The number of ether oxygens (including phenoxy) is 3. The quantitative estimate of drug-likeness (QED) is 0.0146. The smallest absolute Gasteiger partial charge is 0.463 e. The molecule has 105 heavy (non-hydrogen) atoms. The summed E-state index contributed by atoms with van der Waals surface area (Å²) in [7, 11) is -9.80. The maximum atomic E-state index is 13.0. The molecule has 0 aliphatic heterocycles. The van der Waals surface area contributed by atoms with Crippen molar-refractivity contribution in [2.24, 2.45) is 0 Å². The molecular weight excluding hydrogens is 1360 g/mol. The Hall–Kier alpha value is -4.57. The van der Waals surface area contributed by atoms with Crippen molar-refractivity contribution < 1.29 is 75.8 Å². The molecular formula is C87H148O16P2. The third-order valence-electron chi connectivity index (χ3n) is 17.0. The third kappa shape index (κ3) is 80.3. The first-order valence-electron chi connectivity index (χ1n) is 41.1. The van der Waals surface area contributed by atoms with E-state index in [4.69, 9.17) is 32.3 Å². The van der Waals surface area contributed by atoms with Crippen molar-refractivity contribution in [3.05, 3.63) is 146 Å². The van der Waals surface area contributed by atoms with Crippen LogP contribution in [0.15, 0.2) is 146 Å². The zero-order valence-corrected chi connectivity index (χ0v) is 67.6. The maximum Gasteiger partial charge on any atom is 0.472 e. The number of hydrogen-bond acceptors (Lipinski definition) is 14. The average molecular weight is 1510 g/mol. The van der Waals surface area contributed by atoms with Crippen molar-refractivity contribution in [2.75, 3.05) is 39.6 Å². The second-order valence-corrected chi connectivity index (χ2v) is 30.1. The van der Waals surface area contributed by atoms with E-state index in [1.807, 2.05) is 0 Å². The van der Waals surface area contributed by atoms with Crippen LogP contribution in [0.2, 0.25) is 0 Å². The molecule has 0 aromatic rings. The topological polar surface area (TPSA) is 231 Å². The van der Waals surface area contributed by atoms with Crippen molar-refractivity contribution in [3.8, 4) is 0 Å². The number of unbranched alkanes of at least 4 members (excludes halogenated alkanes) is 30. The lowest BCUT2D eigenvalue weighted by Crippen LogP contribution is -2.30. The van der Waals surface area contributed by atoms with Crippen molar-refractivity contribution in [1.29, 1.82) is 0 Å². The van der Waals surface area contributed by atoms with E-state index in [1.54, 1.807) is 0 Å². The maximum absolute atomic E-state index is 13.0. The van der Waals surface area contributed by atoms with Crippen LogP contribution in [0.1, 0.15) is 329 Å². The Bertz CT molecular complexity index is 2490. The molecule has 5 atom stereocenters. The Morgan fingerprint density at radius 2 is 0.505 bits per heavy atom. The molecule has 602 valence electrons. The molecule has 0 aromatic heterocycles. The summed E-state index contributed by atoms with van der Waals surface area (Å²) in [6, 6.07) is 0. The number of carbonyl (C=O) groups is 3. The van der Waals surface area contributed by atoms with Gasteiger partial charge < -0.3 is 34.2 Å². The molecule has 0 heterocycles. The molecule has 18 heteroatoms. The summed E-state index contributed by atoms with van der Waals surface area (Å²) in [5.74, 6) is -1.60. The van der Waals surface area contributed by atoms with Crippen LogP contribution in [0.25, 0.3) is 0 Å². The van der Waals surface area contributed by atoms with Crippen LogP contribution in [0.5, 0.6) is 0 Å². The van der Waals surface area contributed by atoms with Gasteiger partial charge in [0.1, 0.15) is 25.4 Å². The molecule has 0 aliphatic carbocycles. The Morgan fingerprint density at radius 3 is 0.800 bits per heavy atom. The van der Waals surface area contributed by atoms with Gasteiger partial charge in [-0.05, 0) is 148 Å². The minimum Gasteiger partial charge on any atom is -0.463 e. The number of aliphatic hydroxyl groups excluding tert-OH is 2. The largest absolute Gasteiger partial charge is 0.472 e. The second kappa shape index (κ2) is 79.0. The van der Waals surface area contributed by atoms with Gasteiger partial charge in [0.2, 0.25) is 0 Å². The highest BCUT2D eigenvalue weighted by molar-refractivity contribution is 7.47. The van der Waals surface area contributed by atoms with Crippen LogP contribution >= 0.6 is 15.6 Å². The summed E-state index contributed by atoms with van der Waals surface area (Å²) in [4.78, 5) is 58.7. The Balaban J connectivity index is 4.56. The number of rotatable bonds is 77. The summed E-state index contributed by atoms with van der Waals surface area (Å²) in [6.45, 7) is 2.50.